The zero-order valence-corrected chi connectivity index (χ0v) is 15.5. The van der Waals surface area contributed by atoms with Crippen molar-refractivity contribution in [2.75, 3.05) is 14.2 Å². The summed E-state index contributed by atoms with van der Waals surface area (Å²) >= 11 is 0. The lowest BCUT2D eigenvalue weighted by Gasteiger charge is -2.32. The summed E-state index contributed by atoms with van der Waals surface area (Å²) in [6.07, 6.45) is 5.21. The van der Waals surface area contributed by atoms with Gasteiger partial charge in [0.1, 0.15) is 11.5 Å². The molecule has 27 heavy (non-hydrogen) atoms. The molecule has 142 valence electrons. The molecule has 1 aromatic rings. The molecule has 2 rings (SSSR count). The van der Waals surface area contributed by atoms with Gasteiger partial charge in [-0.2, -0.15) is 0 Å². The smallest absolute Gasteiger partial charge is 0.335 e. The van der Waals surface area contributed by atoms with Gasteiger partial charge in [-0.25, -0.2) is 4.79 Å². The van der Waals surface area contributed by atoms with Crippen LogP contribution in [0, 0.1) is 0 Å². The van der Waals surface area contributed by atoms with Crippen LogP contribution < -0.4 is 4.74 Å². The summed E-state index contributed by atoms with van der Waals surface area (Å²) in [4.78, 5) is 34.8. The molecule has 0 aliphatic heterocycles. The lowest BCUT2D eigenvalue weighted by Crippen LogP contribution is -2.38. The molecule has 0 aromatic heterocycles. The minimum Gasteiger partial charge on any atom is -0.497 e. The second-order valence-corrected chi connectivity index (χ2v) is 5.78. The van der Waals surface area contributed by atoms with Gasteiger partial charge < -0.3 is 18.9 Å². The van der Waals surface area contributed by atoms with Crippen LogP contribution in [0.1, 0.15) is 19.4 Å². The van der Waals surface area contributed by atoms with Crippen LogP contribution in [0.3, 0.4) is 0 Å². The number of methoxy groups -OCH3 is 2. The van der Waals surface area contributed by atoms with Crippen molar-refractivity contribution in [3.63, 3.8) is 0 Å². The number of hydrogen-bond donors (Lipinski definition) is 0. The Balaban J connectivity index is 2.09. The molecule has 7 nitrogen and oxygen atoms in total. The van der Waals surface area contributed by atoms with Gasteiger partial charge in [0.2, 0.25) is 0 Å². The number of carbonyl (C=O) groups is 3. The summed E-state index contributed by atoms with van der Waals surface area (Å²) in [6, 6.07) is 6.56. The van der Waals surface area contributed by atoms with E-state index in [1.807, 2.05) is 0 Å². The van der Waals surface area contributed by atoms with Crippen molar-refractivity contribution in [2.24, 2.45) is 0 Å². The molecule has 0 heterocycles. The predicted octanol–water partition coefficient (Wildman–Crippen LogP) is 2.57. The van der Waals surface area contributed by atoms with E-state index in [0.717, 1.165) is 0 Å². The summed E-state index contributed by atoms with van der Waals surface area (Å²) < 4.78 is 20.8. The first-order valence-electron chi connectivity index (χ1n) is 8.04. The Morgan fingerprint density at radius 1 is 1.00 bits per heavy atom. The van der Waals surface area contributed by atoms with E-state index in [-0.39, 0.29) is 17.3 Å². The fourth-order valence-corrected chi connectivity index (χ4v) is 2.40. The lowest BCUT2D eigenvalue weighted by atomic mass is 9.94. The molecule has 0 spiro atoms. The van der Waals surface area contributed by atoms with Crippen LogP contribution in [0.4, 0.5) is 0 Å². The minimum atomic E-state index is -1.18. The van der Waals surface area contributed by atoms with Crippen molar-refractivity contribution < 1.29 is 33.3 Å². The van der Waals surface area contributed by atoms with Gasteiger partial charge in [0.25, 0.3) is 0 Å². The normalized spacial score (nSPS) is 19.3. The number of benzene rings is 1. The zero-order chi connectivity index (χ0) is 20.0. The van der Waals surface area contributed by atoms with E-state index in [4.69, 9.17) is 18.9 Å². The summed E-state index contributed by atoms with van der Waals surface area (Å²) in [6.45, 7) is 2.94. The molecule has 0 saturated heterocycles. The quantitative estimate of drug-likeness (QED) is 0.431. The highest BCUT2D eigenvalue weighted by Gasteiger charge is 2.41. The third-order valence-corrected chi connectivity index (χ3v) is 3.88. The molecule has 0 N–H and O–H groups in total. The topological polar surface area (TPSA) is 88.1 Å². The Labute approximate surface area is 156 Å². The van der Waals surface area contributed by atoms with Crippen molar-refractivity contribution in [3.05, 3.63) is 59.6 Å². The van der Waals surface area contributed by atoms with Gasteiger partial charge in [0.05, 0.1) is 7.11 Å². The number of ether oxygens (including phenoxy) is 4. The van der Waals surface area contributed by atoms with E-state index in [9.17, 15) is 14.4 Å². The summed E-state index contributed by atoms with van der Waals surface area (Å²) in [7, 11) is 2.82. The van der Waals surface area contributed by atoms with E-state index in [1.165, 1.54) is 45.4 Å². The number of hydrogen-bond acceptors (Lipinski definition) is 7. The monoisotopic (exact) mass is 372 g/mol. The fourth-order valence-electron chi connectivity index (χ4n) is 2.40. The Bertz CT molecular complexity index is 830. The Kier molecular flexibility index (Phi) is 6.31. The SMILES string of the molecule is COC1=CC(=O)C=C(OC(=O)/C=C/c2ccc(OC(C)=O)cc2)[C@@]1(C)OC. The van der Waals surface area contributed by atoms with Gasteiger partial charge in [-0.3, -0.25) is 9.59 Å². The minimum absolute atomic E-state index is 0.0363. The third kappa shape index (κ3) is 4.92. The first kappa shape index (κ1) is 20.1. The van der Waals surface area contributed by atoms with Crippen LogP contribution in [0.2, 0.25) is 0 Å². The Morgan fingerprint density at radius 2 is 1.63 bits per heavy atom. The average molecular weight is 372 g/mol. The Hall–Kier alpha value is -3.19. The largest absolute Gasteiger partial charge is 0.497 e. The van der Waals surface area contributed by atoms with Gasteiger partial charge in [-0.1, -0.05) is 12.1 Å². The zero-order valence-electron chi connectivity index (χ0n) is 15.5. The van der Waals surface area contributed by atoms with Gasteiger partial charge in [-0.05, 0) is 30.7 Å². The van der Waals surface area contributed by atoms with Crippen molar-refractivity contribution in [3.8, 4) is 5.75 Å². The summed E-state index contributed by atoms with van der Waals surface area (Å²) in [5, 5.41) is 0. The standard InChI is InChI=1S/C20H20O7/c1-13(21)26-16-8-5-14(6-9-16)7-10-19(23)27-18-12-15(22)11-17(24-3)20(18,2)25-4/h5-12H,1-4H3/b10-7+/t20-/m0/s1. The van der Waals surface area contributed by atoms with Gasteiger partial charge in [-0.15, -0.1) is 0 Å². The maximum atomic E-state index is 12.2. The fraction of sp³-hybridized carbons (Fsp3) is 0.250. The molecular weight excluding hydrogens is 352 g/mol. The van der Waals surface area contributed by atoms with Crippen LogP contribution in [-0.4, -0.2) is 37.5 Å². The first-order valence-corrected chi connectivity index (χ1v) is 8.04. The number of ketones is 1. The highest BCUT2D eigenvalue weighted by Crippen LogP contribution is 2.33. The van der Waals surface area contributed by atoms with E-state index >= 15 is 0 Å². The predicted molar refractivity (Wildman–Crippen MR) is 96.5 cm³/mol. The maximum Gasteiger partial charge on any atom is 0.335 e. The highest BCUT2D eigenvalue weighted by atomic mass is 16.6. The third-order valence-electron chi connectivity index (χ3n) is 3.88. The molecular formula is C20H20O7. The molecule has 0 saturated carbocycles. The lowest BCUT2D eigenvalue weighted by molar-refractivity contribution is -0.138. The summed E-state index contributed by atoms with van der Waals surface area (Å²) in [5.74, 6) is -0.779. The van der Waals surface area contributed by atoms with Crippen molar-refractivity contribution in [1.82, 2.24) is 0 Å². The van der Waals surface area contributed by atoms with Crippen LogP contribution in [0.25, 0.3) is 6.08 Å². The molecule has 0 fully saturated rings. The molecule has 0 unspecified atom stereocenters. The number of rotatable bonds is 6. The molecule has 1 atom stereocenters. The van der Waals surface area contributed by atoms with Crippen molar-refractivity contribution in [1.29, 1.82) is 0 Å². The first-order chi connectivity index (χ1) is 12.8. The van der Waals surface area contributed by atoms with Gasteiger partial charge >= 0.3 is 11.9 Å². The number of allylic oxidation sites excluding steroid dienone is 2. The van der Waals surface area contributed by atoms with Gasteiger partial charge in [0, 0.05) is 32.3 Å². The molecule has 7 heteroatoms. The second-order valence-electron chi connectivity index (χ2n) is 5.78. The van der Waals surface area contributed by atoms with E-state index in [0.29, 0.717) is 11.3 Å². The van der Waals surface area contributed by atoms with E-state index in [1.54, 1.807) is 31.2 Å². The average Bonchev–Trinajstić information content (AvgIpc) is 2.63. The number of carbonyl (C=O) groups excluding carboxylic acids is 3. The van der Waals surface area contributed by atoms with Gasteiger partial charge in [0.15, 0.2) is 17.1 Å². The van der Waals surface area contributed by atoms with Crippen LogP contribution in [-0.2, 0) is 28.6 Å². The number of esters is 2. The maximum absolute atomic E-state index is 12.2. The highest BCUT2D eigenvalue weighted by molar-refractivity contribution is 6.02. The molecule has 0 bridgehead atoms. The molecule has 1 aliphatic rings. The van der Waals surface area contributed by atoms with Crippen molar-refractivity contribution in [2.45, 2.75) is 19.4 Å². The van der Waals surface area contributed by atoms with Crippen molar-refractivity contribution >= 4 is 23.8 Å². The van der Waals surface area contributed by atoms with E-state index in [2.05, 4.69) is 0 Å². The van der Waals surface area contributed by atoms with E-state index < -0.39 is 17.5 Å². The molecule has 0 radical (unpaired) electrons. The summed E-state index contributed by atoms with van der Waals surface area (Å²) in [5.41, 5.74) is -0.485. The molecule has 1 aliphatic carbocycles. The van der Waals surface area contributed by atoms with Crippen LogP contribution >= 0.6 is 0 Å². The molecule has 1 aromatic carbocycles. The van der Waals surface area contributed by atoms with Crippen LogP contribution in [0.5, 0.6) is 5.75 Å². The Morgan fingerprint density at radius 3 is 2.19 bits per heavy atom. The van der Waals surface area contributed by atoms with Crippen LogP contribution in [0.15, 0.2) is 54.0 Å². The molecule has 0 amide bonds. The second kappa shape index (κ2) is 8.46.